The van der Waals surface area contributed by atoms with Gasteiger partial charge in [0.15, 0.2) is 0 Å². The van der Waals surface area contributed by atoms with Crippen LogP contribution in [0.3, 0.4) is 0 Å². The van der Waals surface area contributed by atoms with Crippen LogP contribution in [-0.2, 0) is 32.6 Å². The number of carbonyl (C=O) groups excluding carboxylic acids is 2. The molecule has 0 saturated heterocycles. The Morgan fingerprint density at radius 1 is 0.864 bits per heavy atom. The molecule has 0 radical (unpaired) electrons. The number of anilines is 1. The summed E-state index contributed by atoms with van der Waals surface area (Å²) in [6.07, 6.45) is 0.214. The van der Waals surface area contributed by atoms with Gasteiger partial charge in [-0.1, -0.05) is 60.2 Å². The number of sulfonamides is 1. The van der Waals surface area contributed by atoms with Crippen molar-refractivity contribution in [1.29, 1.82) is 0 Å². The minimum Gasteiger partial charge on any atom is -0.494 e. The first kappa shape index (κ1) is 32.2. The van der Waals surface area contributed by atoms with Crippen molar-refractivity contribution in [1.82, 2.24) is 10.2 Å². The third-order valence-electron chi connectivity index (χ3n) is 7.11. The molecule has 0 aliphatic carbocycles. The van der Waals surface area contributed by atoms with E-state index >= 15 is 0 Å². The summed E-state index contributed by atoms with van der Waals surface area (Å²) in [6, 6.07) is 26.7. The van der Waals surface area contributed by atoms with Crippen LogP contribution in [0.25, 0.3) is 0 Å². The fourth-order valence-electron chi connectivity index (χ4n) is 4.75. The zero-order chi connectivity index (χ0) is 31.7. The molecule has 0 bridgehead atoms. The highest BCUT2D eigenvalue weighted by molar-refractivity contribution is 7.92. The average Bonchev–Trinajstić information content (AvgIpc) is 3.03. The predicted molar refractivity (Wildman–Crippen MR) is 168 cm³/mol. The molecule has 0 spiro atoms. The topological polar surface area (TPSA) is 96.0 Å². The standard InChI is InChI=1S/C34H36FN3O5S/c1-4-43-30-18-16-29(17-19-30)38(44(41,42)31-20-14-28(35)15-21-31)24-33(39)37(23-27-12-10-25(2)11-13-27)32(34(40)36-3)22-26-8-6-5-7-9-26/h5-21,32H,4,22-24H2,1-3H3,(H,36,40). The monoisotopic (exact) mass is 617 g/mol. The van der Waals surface area contributed by atoms with Gasteiger partial charge in [-0.15, -0.1) is 0 Å². The first-order chi connectivity index (χ1) is 21.1. The number of nitrogens with one attached hydrogen (secondary N) is 1. The van der Waals surface area contributed by atoms with Crippen LogP contribution in [0.1, 0.15) is 23.6 Å². The molecule has 44 heavy (non-hydrogen) atoms. The zero-order valence-electron chi connectivity index (χ0n) is 24.9. The number of rotatable bonds is 13. The fourth-order valence-corrected chi connectivity index (χ4v) is 6.16. The van der Waals surface area contributed by atoms with E-state index in [0.717, 1.165) is 45.3 Å². The van der Waals surface area contributed by atoms with E-state index in [1.54, 1.807) is 24.3 Å². The lowest BCUT2D eigenvalue weighted by Gasteiger charge is -2.33. The summed E-state index contributed by atoms with van der Waals surface area (Å²) in [4.78, 5) is 28.9. The van der Waals surface area contributed by atoms with E-state index in [1.807, 2.05) is 68.4 Å². The van der Waals surface area contributed by atoms with Gasteiger partial charge < -0.3 is 15.0 Å². The molecule has 0 saturated carbocycles. The number of aryl methyl sites for hydroxylation is 1. The minimum atomic E-state index is -4.34. The number of halogens is 1. The molecule has 1 N–H and O–H groups in total. The lowest BCUT2D eigenvalue weighted by atomic mass is 10.0. The van der Waals surface area contributed by atoms with Crippen LogP contribution >= 0.6 is 0 Å². The van der Waals surface area contributed by atoms with Crippen molar-refractivity contribution in [2.45, 2.75) is 37.8 Å². The summed E-state index contributed by atoms with van der Waals surface area (Å²) in [5.74, 6) is -1.03. The maximum absolute atomic E-state index is 14.3. The molecule has 0 aromatic heterocycles. The van der Waals surface area contributed by atoms with Gasteiger partial charge >= 0.3 is 0 Å². The predicted octanol–water partition coefficient (Wildman–Crippen LogP) is 5.11. The Bertz CT molecular complexity index is 1650. The Morgan fingerprint density at radius 2 is 1.50 bits per heavy atom. The van der Waals surface area contributed by atoms with Gasteiger partial charge in [-0.05, 0) is 73.5 Å². The van der Waals surface area contributed by atoms with E-state index in [1.165, 1.54) is 11.9 Å². The number of nitrogens with zero attached hydrogens (tertiary/aromatic N) is 2. The first-order valence-corrected chi connectivity index (χ1v) is 15.7. The average molecular weight is 618 g/mol. The number of carbonyl (C=O) groups is 2. The maximum atomic E-state index is 14.3. The summed E-state index contributed by atoms with van der Waals surface area (Å²) >= 11 is 0. The zero-order valence-corrected chi connectivity index (χ0v) is 25.8. The van der Waals surface area contributed by atoms with Gasteiger partial charge in [0.2, 0.25) is 11.8 Å². The Balaban J connectivity index is 1.78. The van der Waals surface area contributed by atoms with Crippen molar-refractivity contribution in [3.63, 3.8) is 0 Å². The molecule has 4 aromatic rings. The van der Waals surface area contributed by atoms with Crippen LogP contribution in [0.15, 0.2) is 108 Å². The molecule has 8 nitrogen and oxygen atoms in total. The molecule has 0 fully saturated rings. The van der Waals surface area contributed by atoms with Crippen LogP contribution in [0.4, 0.5) is 10.1 Å². The minimum absolute atomic E-state index is 0.0672. The van der Waals surface area contributed by atoms with E-state index in [0.29, 0.717) is 12.4 Å². The van der Waals surface area contributed by atoms with Crippen LogP contribution in [0, 0.1) is 12.7 Å². The lowest BCUT2D eigenvalue weighted by Crippen LogP contribution is -2.53. The van der Waals surface area contributed by atoms with Gasteiger partial charge in [-0.25, -0.2) is 12.8 Å². The summed E-state index contributed by atoms with van der Waals surface area (Å²) in [7, 11) is -2.84. The fraction of sp³-hybridized carbons (Fsp3) is 0.235. The molecule has 1 unspecified atom stereocenters. The van der Waals surface area contributed by atoms with Gasteiger partial charge in [0, 0.05) is 20.0 Å². The second kappa shape index (κ2) is 14.7. The molecule has 1 atom stereocenters. The molecule has 10 heteroatoms. The maximum Gasteiger partial charge on any atom is 0.264 e. The smallest absolute Gasteiger partial charge is 0.264 e. The van der Waals surface area contributed by atoms with Gasteiger partial charge in [0.25, 0.3) is 10.0 Å². The van der Waals surface area contributed by atoms with Crippen molar-refractivity contribution in [3.8, 4) is 5.75 Å². The Morgan fingerprint density at radius 3 is 2.09 bits per heavy atom. The number of benzene rings is 4. The molecule has 0 aliphatic rings. The van der Waals surface area contributed by atoms with E-state index in [2.05, 4.69) is 5.32 Å². The number of amides is 2. The summed E-state index contributed by atoms with van der Waals surface area (Å²) in [6.45, 7) is 3.66. The normalized spacial score (nSPS) is 11.8. The summed E-state index contributed by atoms with van der Waals surface area (Å²) < 4.78 is 48.2. The first-order valence-electron chi connectivity index (χ1n) is 14.2. The lowest BCUT2D eigenvalue weighted by molar-refractivity contribution is -0.139. The van der Waals surface area contributed by atoms with Crippen LogP contribution in [0.5, 0.6) is 5.75 Å². The highest BCUT2D eigenvalue weighted by Gasteiger charge is 2.34. The Labute approximate surface area is 258 Å². The van der Waals surface area contributed by atoms with Crippen molar-refractivity contribution in [2.24, 2.45) is 0 Å². The molecule has 0 heterocycles. The number of hydrogen-bond acceptors (Lipinski definition) is 5. The molecule has 230 valence electrons. The van der Waals surface area contributed by atoms with Crippen molar-refractivity contribution in [2.75, 3.05) is 24.5 Å². The SMILES string of the molecule is CCOc1ccc(N(CC(=O)N(Cc2ccc(C)cc2)C(Cc2ccccc2)C(=O)NC)S(=O)(=O)c2ccc(F)cc2)cc1. The van der Waals surface area contributed by atoms with Gasteiger partial charge in [-0.3, -0.25) is 13.9 Å². The highest BCUT2D eigenvalue weighted by atomic mass is 32.2. The molecule has 4 rings (SSSR count). The quantitative estimate of drug-likeness (QED) is 0.225. The number of hydrogen-bond donors (Lipinski definition) is 1. The van der Waals surface area contributed by atoms with Crippen molar-refractivity contribution < 1.29 is 27.1 Å². The molecular formula is C34H36FN3O5S. The van der Waals surface area contributed by atoms with Gasteiger partial charge in [0.1, 0.15) is 24.2 Å². The van der Waals surface area contributed by atoms with Crippen LogP contribution < -0.4 is 14.4 Å². The van der Waals surface area contributed by atoms with E-state index in [-0.39, 0.29) is 29.5 Å². The largest absolute Gasteiger partial charge is 0.494 e. The van der Waals surface area contributed by atoms with E-state index < -0.39 is 34.3 Å². The molecule has 0 aliphatic heterocycles. The van der Waals surface area contributed by atoms with E-state index in [9.17, 15) is 22.4 Å². The summed E-state index contributed by atoms with van der Waals surface area (Å²) in [5, 5.41) is 2.67. The second-order valence-corrected chi connectivity index (χ2v) is 12.1. The van der Waals surface area contributed by atoms with Crippen LogP contribution in [0.2, 0.25) is 0 Å². The van der Waals surface area contributed by atoms with Crippen LogP contribution in [-0.4, -0.2) is 51.4 Å². The Hall–Kier alpha value is -4.70. The molecule has 2 amide bonds. The number of likely N-dealkylation sites (N-methyl/N-ethyl adjacent to an activating group) is 1. The van der Waals surface area contributed by atoms with Crippen molar-refractivity contribution >= 4 is 27.5 Å². The summed E-state index contributed by atoms with van der Waals surface area (Å²) in [5.41, 5.74) is 2.86. The van der Waals surface area contributed by atoms with Crippen molar-refractivity contribution in [3.05, 3.63) is 126 Å². The molecule has 4 aromatic carbocycles. The van der Waals surface area contributed by atoms with Gasteiger partial charge in [-0.2, -0.15) is 0 Å². The second-order valence-electron chi connectivity index (χ2n) is 10.2. The molecular weight excluding hydrogens is 581 g/mol. The van der Waals surface area contributed by atoms with Gasteiger partial charge in [0.05, 0.1) is 17.2 Å². The third kappa shape index (κ3) is 8.02. The highest BCUT2D eigenvalue weighted by Crippen LogP contribution is 2.27. The number of ether oxygens (including phenoxy) is 1. The third-order valence-corrected chi connectivity index (χ3v) is 8.90. The van der Waals surface area contributed by atoms with E-state index in [4.69, 9.17) is 4.74 Å². The Kier molecular flexibility index (Phi) is 10.7.